The van der Waals surface area contributed by atoms with Gasteiger partial charge in [0, 0.05) is 30.7 Å². The molecule has 7 nitrogen and oxygen atoms in total. The van der Waals surface area contributed by atoms with Crippen LogP contribution < -0.4 is 14.8 Å². The predicted octanol–water partition coefficient (Wildman–Crippen LogP) is 2.08. The molecule has 2 heterocycles. The highest BCUT2D eigenvalue weighted by atomic mass is 32.1. The van der Waals surface area contributed by atoms with Crippen molar-refractivity contribution in [2.24, 2.45) is 0 Å². The van der Waals surface area contributed by atoms with Gasteiger partial charge in [0.1, 0.15) is 11.5 Å². The van der Waals surface area contributed by atoms with Gasteiger partial charge < -0.3 is 14.8 Å². The van der Waals surface area contributed by atoms with Crippen LogP contribution in [0.15, 0.2) is 48.1 Å². The number of hydrogen-bond donors (Lipinski definition) is 1. The third-order valence-corrected chi connectivity index (χ3v) is 4.25. The fourth-order valence-electron chi connectivity index (χ4n) is 2.10. The lowest BCUT2D eigenvalue weighted by Crippen LogP contribution is -2.30. The predicted molar refractivity (Wildman–Crippen MR) is 94.4 cm³/mol. The van der Waals surface area contributed by atoms with Gasteiger partial charge in [-0.05, 0) is 30.3 Å². The maximum absolute atomic E-state index is 11.8. The van der Waals surface area contributed by atoms with E-state index < -0.39 is 0 Å². The molecule has 0 fully saturated rings. The van der Waals surface area contributed by atoms with Crippen molar-refractivity contribution in [1.29, 1.82) is 0 Å². The molecule has 0 atom stereocenters. The number of carbonyl (C=O) groups is 1. The second kappa shape index (κ2) is 8.29. The summed E-state index contributed by atoms with van der Waals surface area (Å²) >= 11 is 1.52. The molecule has 0 aliphatic rings. The van der Waals surface area contributed by atoms with Crippen molar-refractivity contribution < 1.29 is 14.3 Å². The first-order chi connectivity index (χ1) is 12.2. The number of nitrogens with one attached hydrogen (secondary N) is 1. The van der Waals surface area contributed by atoms with Crippen molar-refractivity contribution in [2.45, 2.75) is 6.42 Å². The SMILES string of the molecule is COc1ccc(OCC(=O)NCCc2csc(-n3cccn3)n2)cc1. The highest BCUT2D eigenvalue weighted by molar-refractivity contribution is 7.12. The quantitative estimate of drug-likeness (QED) is 0.667. The minimum absolute atomic E-state index is 0.0259. The molecule has 2 aromatic heterocycles. The van der Waals surface area contributed by atoms with Crippen molar-refractivity contribution in [2.75, 3.05) is 20.3 Å². The minimum Gasteiger partial charge on any atom is -0.497 e. The Bertz CT molecular complexity index is 800. The lowest BCUT2D eigenvalue weighted by molar-refractivity contribution is -0.123. The molecule has 3 aromatic rings. The molecule has 0 saturated carbocycles. The molecule has 0 radical (unpaired) electrons. The van der Waals surface area contributed by atoms with Crippen molar-refractivity contribution in [3.63, 3.8) is 0 Å². The largest absolute Gasteiger partial charge is 0.497 e. The van der Waals surface area contributed by atoms with Crippen LogP contribution in [0.3, 0.4) is 0 Å². The van der Waals surface area contributed by atoms with Gasteiger partial charge in [0.2, 0.25) is 5.13 Å². The molecule has 130 valence electrons. The second-order valence-corrected chi connectivity index (χ2v) is 5.97. The first-order valence-electron chi connectivity index (χ1n) is 7.72. The average molecular weight is 358 g/mol. The van der Waals surface area contributed by atoms with Crippen molar-refractivity contribution >= 4 is 17.2 Å². The molecule has 0 aliphatic heterocycles. The topological polar surface area (TPSA) is 78.3 Å². The van der Waals surface area contributed by atoms with E-state index in [0.717, 1.165) is 16.6 Å². The number of amides is 1. The number of benzene rings is 1. The zero-order valence-corrected chi connectivity index (χ0v) is 14.5. The van der Waals surface area contributed by atoms with Crippen LogP contribution in [-0.4, -0.2) is 40.9 Å². The van der Waals surface area contributed by atoms with E-state index in [-0.39, 0.29) is 12.5 Å². The molecular weight excluding hydrogens is 340 g/mol. The molecule has 25 heavy (non-hydrogen) atoms. The number of ether oxygens (including phenoxy) is 2. The Morgan fingerprint density at radius 2 is 2.08 bits per heavy atom. The first kappa shape index (κ1) is 17.0. The van der Waals surface area contributed by atoms with E-state index in [1.54, 1.807) is 42.3 Å². The third-order valence-electron chi connectivity index (χ3n) is 3.37. The van der Waals surface area contributed by atoms with E-state index >= 15 is 0 Å². The minimum atomic E-state index is -0.168. The van der Waals surface area contributed by atoms with Crippen LogP contribution >= 0.6 is 11.3 Å². The van der Waals surface area contributed by atoms with Gasteiger partial charge in [-0.2, -0.15) is 5.10 Å². The van der Waals surface area contributed by atoms with Crippen LogP contribution in [0.1, 0.15) is 5.69 Å². The van der Waals surface area contributed by atoms with Gasteiger partial charge in [-0.3, -0.25) is 4.79 Å². The molecule has 1 N–H and O–H groups in total. The number of thiazole rings is 1. The highest BCUT2D eigenvalue weighted by Crippen LogP contribution is 2.17. The Hall–Kier alpha value is -2.87. The van der Waals surface area contributed by atoms with Gasteiger partial charge in [-0.15, -0.1) is 11.3 Å². The second-order valence-electron chi connectivity index (χ2n) is 5.14. The van der Waals surface area contributed by atoms with E-state index in [1.165, 1.54) is 11.3 Å². The van der Waals surface area contributed by atoms with Crippen LogP contribution in [0.25, 0.3) is 5.13 Å². The van der Waals surface area contributed by atoms with E-state index in [2.05, 4.69) is 15.4 Å². The summed E-state index contributed by atoms with van der Waals surface area (Å²) in [5, 5.41) is 9.75. The van der Waals surface area contributed by atoms with Crippen molar-refractivity contribution in [1.82, 2.24) is 20.1 Å². The zero-order valence-electron chi connectivity index (χ0n) is 13.7. The smallest absolute Gasteiger partial charge is 0.257 e. The monoisotopic (exact) mass is 358 g/mol. The molecule has 0 bridgehead atoms. The summed E-state index contributed by atoms with van der Waals surface area (Å²) in [4.78, 5) is 16.3. The summed E-state index contributed by atoms with van der Waals surface area (Å²) in [7, 11) is 1.60. The van der Waals surface area contributed by atoms with Gasteiger partial charge in [0.05, 0.1) is 12.8 Å². The molecule has 0 aliphatic carbocycles. The molecular formula is C17H18N4O3S. The van der Waals surface area contributed by atoms with Crippen molar-refractivity contribution in [3.05, 3.63) is 53.8 Å². The molecule has 1 aromatic carbocycles. The van der Waals surface area contributed by atoms with Gasteiger partial charge in [0.25, 0.3) is 5.91 Å². The average Bonchev–Trinajstić information content (AvgIpc) is 3.32. The Balaban J connectivity index is 1.39. The molecule has 1 amide bonds. The maximum atomic E-state index is 11.8. The molecule has 0 saturated heterocycles. The van der Waals surface area contributed by atoms with Gasteiger partial charge in [-0.1, -0.05) is 0 Å². The highest BCUT2D eigenvalue weighted by Gasteiger charge is 2.06. The lowest BCUT2D eigenvalue weighted by atomic mass is 10.3. The summed E-state index contributed by atoms with van der Waals surface area (Å²) < 4.78 is 12.2. The number of carbonyl (C=O) groups excluding carboxylic acids is 1. The van der Waals surface area contributed by atoms with Crippen LogP contribution in [0.5, 0.6) is 11.5 Å². The standard InChI is InChI=1S/C17H18N4O3S/c1-23-14-3-5-15(6-4-14)24-11-16(22)18-9-7-13-12-25-17(20-13)21-10-2-8-19-21/h2-6,8,10,12H,7,9,11H2,1H3,(H,18,22). The fourth-order valence-corrected chi connectivity index (χ4v) is 2.90. The van der Waals surface area contributed by atoms with Gasteiger partial charge >= 0.3 is 0 Å². The van der Waals surface area contributed by atoms with Crippen LogP contribution in [0.2, 0.25) is 0 Å². The Kier molecular flexibility index (Phi) is 5.63. The number of rotatable bonds is 8. The summed E-state index contributed by atoms with van der Waals surface area (Å²) in [6, 6.07) is 8.94. The molecule has 0 spiro atoms. The zero-order chi connectivity index (χ0) is 17.5. The first-order valence-corrected chi connectivity index (χ1v) is 8.60. The molecule has 8 heteroatoms. The van der Waals surface area contributed by atoms with E-state index in [4.69, 9.17) is 9.47 Å². The number of methoxy groups -OCH3 is 1. The summed E-state index contributed by atoms with van der Waals surface area (Å²) in [6.07, 6.45) is 4.22. The van der Waals surface area contributed by atoms with E-state index in [0.29, 0.717) is 18.7 Å². The number of nitrogens with zero attached hydrogens (tertiary/aromatic N) is 3. The summed E-state index contributed by atoms with van der Waals surface area (Å²) in [5.74, 6) is 1.20. The van der Waals surface area contributed by atoms with E-state index in [1.807, 2.05) is 17.6 Å². The Labute approximate surface area is 149 Å². The summed E-state index contributed by atoms with van der Waals surface area (Å²) in [6.45, 7) is 0.481. The molecule has 3 rings (SSSR count). The van der Waals surface area contributed by atoms with Gasteiger partial charge in [0.15, 0.2) is 6.61 Å². The van der Waals surface area contributed by atoms with Gasteiger partial charge in [-0.25, -0.2) is 9.67 Å². The van der Waals surface area contributed by atoms with E-state index in [9.17, 15) is 4.79 Å². The lowest BCUT2D eigenvalue weighted by Gasteiger charge is -2.07. The number of hydrogen-bond acceptors (Lipinski definition) is 6. The van der Waals surface area contributed by atoms with Crippen LogP contribution in [0, 0.1) is 0 Å². The maximum Gasteiger partial charge on any atom is 0.257 e. The van der Waals surface area contributed by atoms with Crippen LogP contribution in [-0.2, 0) is 11.2 Å². The van der Waals surface area contributed by atoms with Crippen molar-refractivity contribution in [3.8, 4) is 16.6 Å². The Morgan fingerprint density at radius 1 is 1.28 bits per heavy atom. The number of aromatic nitrogens is 3. The third kappa shape index (κ3) is 4.80. The molecule has 0 unspecified atom stereocenters. The normalized spacial score (nSPS) is 10.4. The van der Waals surface area contributed by atoms with Crippen LogP contribution in [0.4, 0.5) is 0 Å². The fraction of sp³-hybridized carbons (Fsp3) is 0.235. The Morgan fingerprint density at radius 3 is 2.80 bits per heavy atom. The summed E-state index contributed by atoms with van der Waals surface area (Å²) in [5.41, 5.74) is 0.923.